The first-order chi connectivity index (χ1) is 15.1. The van der Waals surface area contributed by atoms with Gasteiger partial charge in [0.15, 0.2) is 0 Å². The van der Waals surface area contributed by atoms with Gasteiger partial charge in [-0.05, 0) is 18.2 Å². The molecule has 2 aromatic rings. The first kappa shape index (κ1) is 21.3. The third-order valence-corrected chi connectivity index (χ3v) is 5.31. The molecular weight excluding hydrogens is 405 g/mol. The second-order valence-electron chi connectivity index (χ2n) is 7.63. The van der Waals surface area contributed by atoms with Crippen molar-refractivity contribution < 1.29 is 23.5 Å². The maximum absolute atomic E-state index is 13.2. The van der Waals surface area contributed by atoms with E-state index >= 15 is 0 Å². The lowest BCUT2D eigenvalue weighted by Crippen LogP contribution is -2.52. The molecule has 2 aliphatic rings. The summed E-state index contributed by atoms with van der Waals surface area (Å²) in [6, 6.07) is 7.93. The Morgan fingerprint density at radius 1 is 1.32 bits per heavy atom. The third-order valence-electron chi connectivity index (χ3n) is 5.31. The highest BCUT2D eigenvalue weighted by molar-refractivity contribution is 5.82. The second kappa shape index (κ2) is 9.88. The molecule has 1 atom stereocenters. The molecule has 3 heterocycles. The Morgan fingerprint density at radius 2 is 2.23 bits per heavy atom. The first-order valence-corrected chi connectivity index (χ1v) is 10.4. The van der Waals surface area contributed by atoms with Gasteiger partial charge in [-0.2, -0.15) is 5.10 Å². The minimum absolute atomic E-state index is 0.0118. The van der Waals surface area contributed by atoms with E-state index < -0.39 is 0 Å². The van der Waals surface area contributed by atoms with Crippen LogP contribution in [0, 0.1) is 5.82 Å². The zero-order valence-electron chi connectivity index (χ0n) is 17.2. The van der Waals surface area contributed by atoms with Gasteiger partial charge in [-0.15, -0.1) is 0 Å². The zero-order chi connectivity index (χ0) is 21.6. The Hall–Kier alpha value is -2.98. The second-order valence-corrected chi connectivity index (χ2v) is 7.63. The highest BCUT2D eigenvalue weighted by atomic mass is 19.1. The molecule has 10 heteroatoms. The lowest BCUT2D eigenvalue weighted by atomic mass is 10.2. The summed E-state index contributed by atoms with van der Waals surface area (Å²) in [5, 5.41) is 10.1. The van der Waals surface area contributed by atoms with Crippen molar-refractivity contribution in [1.82, 2.24) is 25.3 Å². The molecule has 0 aliphatic carbocycles. The fourth-order valence-electron chi connectivity index (χ4n) is 3.68. The van der Waals surface area contributed by atoms with Gasteiger partial charge in [0.1, 0.15) is 17.7 Å². The zero-order valence-corrected chi connectivity index (χ0v) is 17.2. The monoisotopic (exact) mass is 431 g/mol. The van der Waals surface area contributed by atoms with Crippen LogP contribution >= 0.6 is 0 Å². The van der Waals surface area contributed by atoms with Gasteiger partial charge in [0, 0.05) is 37.8 Å². The SMILES string of the molecule is O=C1CN(CC(=O)N2CCO[C@@H](c3cc(CCOc4cccc(F)c4)[nH]n3)C2)CCN1. The summed E-state index contributed by atoms with van der Waals surface area (Å²) < 4.78 is 24.6. The lowest BCUT2D eigenvalue weighted by molar-refractivity contribution is -0.141. The lowest BCUT2D eigenvalue weighted by Gasteiger charge is -2.34. The Labute approximate surface area is 179 Å². The Morgan fingerprint density at radius 3 is 3.06 bits per heavy atom. The van der Waals surface area contributed by atoms with Crippen molar-refractivity contribution in [3.8, 4) is 5.75 Å². The number of carbonyl (C=O) groups excluding carboxylic acids is 2. The van der Waals surface area contributed by atoms with Gasteiger partial charge in [0.25, 0.3) is 0 Å². The summed E-state index contributed by atoms with van der Waals surface area (Å²) in [5.41, 5.74) is 1.60. The summed E-state index contributed by atoms with van der Waals surface area (Å²) in [5.74, 6) is 0.0840. The number of nitrogens with zero attached hydrogens (tertiary/aromatic N) is 3. The van der Waals surface area contributed by atoms with E-state index in [0.717, 1.165) is 11.4 Å². The van der Waals surface area contributed by atoms with E-state index in [0.29, 0.717) is 51.6 Å². The predicted molar refractivity (Wildman–Crippen MR) is 109 cm³/mol. The average molecular weight is 431 g/mol. The molecule has 0 spiro atoms. The largest absolute Gasteiger partial charge is 0.493 e. The van der Waals surface area contributed by atoms with Crippen molar-refractivity contribution in [2.45, 2.75) is 12.5 Å². The van der Waals surface area contributed by atoms with Crippen LogP contribution in [-0.4, -0.2) is 84.3 Å². The maximum Gasteiger partial charge on any atom is 0.236 e. The molecule has 2 aliphatic heterocycles. The Balaban J connectivity index is 1.27. The summed E-state index contributed by atoms with van der Waals surface area (Å²) >= 11 is 0. The number of halogens is 1. The number of aromatic amines is 1. The van der Waals surface area contributed by atoms with Crippen LogP contribution in [0.5, 0.6) is 5.75 Å². The van der Waals surface area contributed by atoms with Gasteiger partial charge in [-0.25, -0.2) is 4.39 Å². The van der Waals surface area contributed by atoms with Crippen molar-refractivity contribution in [3.63, 3.8) is 0 Å². The predicted octanol–water partition coefficient (Wildman–Crippen LogP) is 0.502. The number of morpholine rings is 1. The van der Waals surface area contributed by atoms with Crippen LogP contribution in [0.25, 0.3) is 0 Å². The number of nitrogens with one attached hydrogen (secondary N) is 2. The number of hydrogen-bond donors (Lipinski definition) is 2. The summed E-state index contributed by atoms with van der Waals surface area (Å²) in [6.45, 7) is 3.47. The number of piperazine rings is 1. The molecule has 4 rings (SSSR count). The fourth-order valence-corrected chi connectivity index (χ4v) is 3.68. The van der Waals surface area contributed by atoms with Crippen molar-refractivity contribution in [1.29, 1.82) is 0 Å². The molecule has 9 nitrogen and oxygen atoms in total. The van der Waals surface area contributed by atoms with E-state index in [9.17, 15) is 14.0 Å². The average Bonchev–Trinajstić information content (AvgIpc) is 3.23. The van der Waals surface area contributed by atoms with Crippen LogP contribution in [0.15, 0.2) is 30.3 Å². The van der Waals surface area contributed by atoms with Gasteiger partial charge in [-0.3, -0.25) is 19.6 Å². The van der Waals surface area contributed by atoms with Gasteiger partial charge in [0.05, 0.1) is 38.5 Å². The summed E-state index contributed by atoms with van der Waals surface area (Å²) in [4.78, 5) is 27.8. The van der Waals surface area contributed by atoms with Crippen LogP contribution in [0.3, 0.4) is 0 Å². The maximum atomic E-state index is 13.2. The van der Waals surface area contributed by atoms with Gasteiger partial charge >= 0.3 is 0 Å². The molecule has 166 valence electrons. The Bertz CT molecular complexity index is 921. The van der Waals surface area contributed by atoms with E-state index in [-0.39, 0.29) is 36.8 Å². The smallest absolute Gasteiger partial charge is 0.236 e. The molecule has 31 heavy (non-hydrogen) atoms. The highest BCUT2D eigenvalue weighted by Crippen LogP contribution is 2.22. The molecule has 0 unspecified atom stereocenters. The number of H-pyrrole nitrogens is 1. The molecule has 1 aromatic heterocycles. The molecular formula is C21H26FN5O4. The van der Waals surface area contributed by atoms with Gasteiger partial charge < -0.3 is 19.7 Å². The normalized spacial score (nSPS) is 19.8. The minimum Gasteiger partial charge on any atom is -0.493 e. The van der Waals surface area contributed by atoms with E-state index in [1.807, 2.05) is 11.0 Å². The minimum atomic E-state index is -0.335. The highest BCUT2D eigenvalue weighted by Gasteiger charge is 2.29. The molecule has 2 saturated heterocycles. The van der Waals surface area contributed by atoms with Gasteiger partial charge in [-0.1, -0.05) is 6.07 Å². The number of carbonyl (C=O) groups is 2. The molecule has 2 amide bonds. The standard InChI is InChI=1S/C21H26FN5O4/c22-15-2-1-3-17(10-15)30-8-4-16-11-18(25-24-16)19-12-27(7-9-31-19)21(29)14-26-6-5-23-20(28)13-26/h1-3,10-11,19H,4-9,12-14H2,(H,23,28)(H,24,25)/t19-/m1/s1. The van der Waals surface area contributed by atoms with Gasteiger partial charge in [0.2, 0.25) is 11.8 Å². The van der Waals surface area contributed by atoms with Crippen molar-refractivity contribution >= 4 is 11.8 Å². The number of hydrogen-bond acceptors (Lipinski definition) is 6. The van der Waals surface area contributed by atoms with Crippen LogP contribution in [0.2, 0.25) is 0 Å². The van der Waals surface area contributed by atoms with Crippen molar-refractivity contribution in [2.24, 2.45) is 0 Å². The molecule has 2 fully saturated rings. The fraction of sp³-hybridized carbons (Fsp3) is 0.476. The number of amides is 2. The number of ether oxygens (including phenoxy) is 2. The van der Waals surface area contributed by atoms with Crippen LogP contribution in [0.1, 0.15) is 17.5 Å². The summed E-state index contributed by atoms with van der Waals surface area (Å²) in [6.07, 6.45) is 0.270. The quantitative estimate of drug-likeness (QED) is 0.663. The number of rotatable bonds is 7. The first-order valence-electron chi connectivity index (χ1n) is 10.4. The van der Waals surface area contributed by atoms with E-state index in [1.54, 1.807) is 17.0 Å². The number of benzene rings is 1. The Kier molecular flexibility index (Phi) is 6.78. The third kappa shape index (κ3) is 5.80. The molecule has 1 aromatic carbocycles. The van der Waals surface area contributed by atoms with Crippen LogP contribution < -0.4 is 10.1 Å². The molecule has 0 radical (unpaired) electrons. The van der Waals surface area contributed by atoms with Crippen LogP contribution in [0.4, 0.5) is 4.39 Å². The summed E-state index contributed by atoms with van der Waals surface area (Å²) in [7, 11) is 0. The van der Waals surface area contributed by atoms with E-state index in [2.05, 4.69) is 15.5 Å². The van der Waals surface area contributed by atoms with E-state index in [4.69, 9.17) is 9.47 Å². The molecule has 0 bridgehead atoms. The topological polar surface area (TPSA) is 99.8 Å². The van der Waals surface area contributed by atoms with Crippen molar-refractivity contribution in [2.75, 3.05) is 52.5 Å². The van der Waals surface area contributed by atoms with Crippen molar-refractivity contribution in [3.05, 3.63) is 47.5 Å². The molecule has 0 saturated carbocycles. The molecule has 2 N–H and O–H groups in total. The van der Waals surface area contributed by atoms with Crippen LogP contribution in [-0.2, 0) is 20.7 Å². The number of aromatic nitrogens is 2. The van der Waals surface area contributed by atoms with E-state index in [1.165, 1.54) is 12.1 Å².